The van der Waals surface area contributed by atoms with Gasteiger partial charge in [-0.1, -0.05) is 37.3 Å². The standard InChI is InChI=1S/C21H27N3O2/c1-4-19(17-9-6-5-7-10-17)21(25)24-12-8-11-18(14-24)26-20-13-15(2)22-16(3)23-20/h5-7,9-10,13,18-19H,4,8,11-12,14H2,1-3H3. The highest BCUT2D eigenvalue weighted by Gasteiger charge is 2.30. The fourth-order valence-electron chi connectivity index (χ4n) is 3.61. The number of hydrogen-bond acceptors (Lipinski definition) is 4. The second-order valence-corrected chi connectivity index (χ2v) is 6.93. The minimum absolute atomic E-state index is 0.0188. The molecule has 5 heteroatoms. The van der Waals surface area contributed by atoms with Crippen LogP contribution in [0, 0.1) is 13.8 Å². The Hall–Kier alpha value is -2.43. The van der Waals surface area contributed by atoms with Crippen LogP contribution in [0.3, 0.4) is 0 Å². The number of nitrogens with zero attached hydrogens (tertiary/aromatic N) is 3. The summed E-state index contributed by atoms with van der Waals surface area (Å²) in [6.07, 6.45) is 2.67. The van der Waals surface area contributed by atoms with E-state index in [2.05, 4.69) is 16.9 Å². The summed E-state index contributed by atoms with van der Waals surface area (Å²) in [6.45, 7) is 7.28. The van der Waals surface area contributed by atoms with Gasteiger partial charge < -0.3 is 9.64 Å². The first kappa shape index (κ1) is 18.4. The molecule has 1 fully saturated rings. The van der Waals surface area contributed by atoms with E-state index in [4.69, 9.17) is 4.74 Å². The molecule has 1 aliphatic rings. The van der Waals surface area contributed by atoms with E-state index < -0.39 is 0 Å². The number of hydrogen-bond donors (Lipinski definition) is 0. The van der Waals surface area contributed by atoms with Crippen LogP contribution in [0.15, 0.2) is 36.4 Å². The zero-order valence-electron chi connectivity index (χ0n) is 15.8. The van der Waals surface area contributed by atoms with E-state index in [0.29, 0.717) is 18.2 Å². The van der Waals surface area contributed by atoms with Crippen molar-refractivity contribution in [3.63, 3.8) is 0 Å². The van der Waals surface area contributed by atoms with Crippen molar-refractivity contribution in [2.24, 2.45) is 0 Å². The van der Waals surface area contributed by atoms with Gasteiger partial charge in [-0.05, 0) is 38.7 Å². The van der Waals surface area contributed by atoms with Gasteiger partial charge in [0.2, 0.25) is 11.8 Å². The molecule has 0 bridgehead atoms. The van der Waals surface area contributed by atoms with E-state index >= 15 is 0 Å². The number of carbonyl (C=O) groups excluding carboxylic acids is 1. The molecule has 26 heavy (non-hydrogen) atoms. The number of rotatable bonds is 5. The van der Waals surface area contributed by atoms with Gasteiger partial charge in [0, 0.05) is 18.3 Å². The van der Waals surface area contributed by atoms with Crippen LogP contribution in [-0.4, -0.2) is 40.0 Å². The van der Waals surface area contributed by atoms with Crippen molar-refractivity contribution in [2.75, 3.05) is 13.1 Å². The van der Waals surface area contributed by atoms with Crippen LogP contribution in [0.4, 0.5) is 0 Å². The summed E-state index contributed by atoms with van der Waals surface area (Å²) < 4.78 is 6.07. The number of aromatic nitrogens is 2. The number of aryl methyl sites for hydroxylation is 2. The molecule has 138 valence electrons. The van der Waals surface area contributed by atoms with Gasteiger partial charge in [0.15, 0.2) is 0 Å². The molecule has 1 aliphatic heterocycles. The molecular formula is C21H27N3O2. The Kier molecular flexibility index (Phi) is 5.86. The highest BCUT2D eigenvalue weighted by molar-refractivity contribution is 5.83. The minimum Gasteiger partial charge on any atom is -0.472 e. The van der Waals surface area contributed by atoms with Gasteiger partial charge in [-0.15, -0.1) is 0 Å². The SMILES string of the molecule is CCC(C(=O)N1CCCC(Oc2cc(C)nc(C)n2)C1)c1ccccc1. The van der Waals surface area contributed by atoms with Gasteiger partial charge in [0.05, 0.1) is 12.5 Å². The summed E-state index contributed by atoms with van der Waals surface area (Å²) in [4.78, 5) is 23.7. The van der Waals surface area contributed by atoms with Crippen molar-refractivity contribution in [1.82, 2.24) is 14.9 Å². The largest absolute Gasteiger partial charge is 0.472 e. The molecule has 5 nitrogen and oxygen atoms in total. The number of piperidine rings is 1. The lowest BCUT2D eigenvalue weighted by molar-refractivity contribution is -0.135. The fourth-order valence-corrected chi connectivity index (χ4v) is 3.61. The van der Waals surface area contributed by atoms with Crippen LogP contribution in [0.25, 0.3) is 0 Å². The van der Waals surface area contributed by atoms with Crippen molar-refractivity contribution in [1.29, 1.82) is 0 Å². The molecule has 3 rings (SSSR count). The second kappa shape index (κ2) is 8.30. The molecule has 0 radical (unpaired) electrons. The quantitative estimate of drug-likeness (QED) is 0.823. The zero-order chi connectivity index (χ0) is 18.5. The number of likely N-dealkylation sites (tertiary alicyclic amines) is 1. The Balaban J connectivity index is 1.68. The van der Waals surface area contributed by atoms with E-state index in [0.717, 1.165) is 37.1 Å². The molecule has 2 heterocycles. The fraction of sp³-hybridized carbons (Fsp3) is 0.476. The maximum Gasteiger partial charge on any atom is 0.230 e. The van der Waals surface area contributed by atoms with Gasteiger partial charge in [0.25, 0.3) is 0 Å². The van der Waals surface area contributed by atoms with Crippen molar-refractivity contribution in [2.45, 2.75) is 52.1 Å². The predicted octanol–water partition coefficient (Wildman–Crippen LogP) is 3.66. The van der Waals surface area contributed by atoms with E-state index in [-0.39, 0.29) is 17.9 Å². The number of amides is 1. The molecule has 1 amide bonds. The normalized spacial score (nSPS) is 18.4. The van der Waals surface area contributed by atoms with Gasteiger partial charge in [-0.25, -0.2) is 4.98 Å². The Bertz CT molecular complexity index is 728. The van der Waals surface area contributed by atoms with E-state index in [1.165, 1.54) is 0 Å². The Morgan fingerprint density at radius 3 is 2.73 bits per heavy atom. The number of ether oxygens (including phenoxy) is 1. The zero-order valence-corrected chi connectivity index (χ0v) is 15.8. The summed E-state index contributed by atoms with van der Waals surface area (Å²) in [5.74, 6) is 1.42. The number of benzene rings is 1. The van der Waals surface area contributed by atoms with Crippen molar-refractivity contribution >= 4 is 5.91 Å². The van der Waals surface area contributed by atoms with E-state index in [1.807, 2.05) is 55.1 Å². The Labute approximate surface area is 155 Å². The topological polar surface area (TPSA) is 55.3 Å². The van der Waals surface area contributed by atoms with Crippen LogP contribution >= 0.6 is 0 Å². The van der Waals surface area contributed by atoms with Crippen LogP contribution in [0.2, 0.25) is 0 Å². The first-order valence-corrected chi connectivity index (χ1v) is 9.39. The lowest BCUT2D eigenvalue weighted by atomic mass is 9.94. The minimum atomic E-state index is -0.0847. The second-order valence-electron chi connectivity index (χ2n) is 6.93. The first-order chi connectivity index (χ1) is 12.6. The van der Waals surface area contributed by atoms with Crippen LogP contribution in [0.1, 0.15) is 49.2 Å². The van der Waals surface area contributed by atoms with Crippen LogP contribution in [0.5, 0.6) is 5.88 Å². The first-order valence-electron chi connectivity index (χ1n) is 9.39. The molecule has 2 atom stereocenters. The Morgan fingerprint density at radius 2 is 2.04 bits per heavy atom. The molecule has 0 N–H and O–H groups in total. The third-order valence-corrected chi connectivity index (χ3v) is 4.83. The predicted molar refractivity (Wildman–Crippen MR) is 101 cm³/mol. The maximum absolute atomic E-state index is 13.1. The van der Waals surface area contributed by atoms with Gasteiger partial charge in [-0.3, -0.25) is 4.79 Å². The monoisotopic (exact) mass is 353 g/mol. The number of carbonyl (C=O) groups is 1. The molecule has 0 spiro atoms. The molecule has 1 aromatic carbocycles. The van der Waals surface area contributed by atoms with Crippen molar-refractivity contribution in [3.05, 3.63) is 53.5 Å². The molecule has 0 saturated carbocycles. The van der Waals surface area contributed by atoms with Crippen molar-refractivity contribution < 1.29 is 9.53 Å². The molecule has 1 saturated heterocycles. The summed E-state index contributed by atoms with van der Waals surface area (Å²) in [6, 6.07) is 11.9. The lowest BCUT2D eigenvalue weighted by Gasteiger charge is -2.34. The average Bonchev–Trinajstić information content (AvgIpc) is 2.62. The molecule has 0 aliphatic carbocycles. The molecule has 1 aromatic heterocycles. The molecule has 2 unspecified atom stereocenters. The summed E-state index contributed by atoms with van der Waals surface area (Å²) in [5, 5.41) is 0. The lowest BCUT2D eigenvalue weighted by Crippen LogP contribution is -2.46. The summed E-state index contributed by atoms with van der Waals surface area (Å²) >= 11 is 0. The van der Waals surface area contributed by atoms with E-state index in [1.54, 1.807) is 0 Å². The molecule has 2 aromatic rings. The average molecular weight is 353 g/mol. The smallest absolute Gasteiger partial charge is 0.230 e. The summed E-state index contributed by atoms with van der Waals surface area (Å²) in [7, 11) is 0. The van der Waals surface area contributed by atoms with Gasteiger partial charge in [-0.2, -0.15) is 4.98 Å². The molecular weight excluding hydrogens is 326 g/mol. The highest BCUT2D eigenvalue weighted by atomic mass is 16.5. The van der Waals surface area contributed by atoms with Crippen LogP contribution < -0.4 is 4.74 Å². The third kappa shape index (κ3) is 4.40. The van der Waals surface area contributed by atoms with Crippen LogP contribution in [-0.2, 0) is 4.79 Å². The highest BCUT2D eigenvalue weighted by Crippen LogP contribution is 2.25. The van der Waals surface area contributed by atoms with Gasteiger partial charge >= 0.3 is 0 Å². The van der Waals surface area contributed by atoms with Crippen molar-refractivity contribution in [3.8, 4) is 5.88 Å². The van der Waals surface area contributed by atoms with E-state index in [9.17, 15) is 4.79 Å². The summed E-state index contributed by atoms with van der Waals surface area (Å²) in [5.41, 5.74) is 1.98. The Morgan fingerprint density at radius 1 is 1.27 bits per heavy atom. The third-order valence-electron chi connectivity index (χ3n) is 4.83. The maximum atomic E-state index is 13.1. The van der Waals surface area contributed by atoms with Gasteiger partial charge in [0.1, 0.15) is 11.9 Å².